The quantitative estimate of drug-likeness (QED) is 0.125. The van der Waals surface area contributed by atoms with Crippen molar-refractivity contribution < 1.29 is 10.2 Å². The zero-order valence-corrected chi connectivity index (χ0v) is 19.6. The summed E-state index contributed by atoms with van der Waals surface area (Å²) in [6.45, 7) is 4.60. The minimum atomic E-state index is 0.0736. The normalized spacial score (nSPS) is 8.78. The molecule has 0 spiro atoms. The largest absolute Gasteiger partial charge is 0.694 e. The van der Waals surface area contributed by atoms with E-state index < -0.39 is 0 Å². The number of rotatable bonds is 14. The third-order valence-electron chi connectivity index (χ3n) is 3.41. The van der Waals surface area contributed by atoms with E-state index in [9.17, 15) is 0 Å². The van der Waals surface area contributed by atoms with E-state index in [1.54, 1.807) is 21.7 Å². The zero-order chi connectivity index (χ0) is 18.0. The van der Waals surface area contributed by atoms with Gasteiger partial charge in [-0.1, -0.05) is 0 Å². The first-order chi connectivity index (χ1) is 11.2. The minimum Gasteiger partial charge on any atom is -0.694 e. The summed E-state index contributed by atoms with van der Waals surface area (Å²) < 4.78 is 3.31. The van der Waals surface area contributed by atoms with Gasteiger partial charge >= 0.3 is 121 Å². The fraction of sp³-hybridized carbons (Fsp3) is 0.889. The van der Waals surface area contributed by atoms with E-state index in [-0.39, 0.29) is 21.1 Å². The van der Waals surface area contributed by atoms with Gasteiger partial charge in [0.2, 0.25) is 0 Å². The topological polar surface area (TPSA) is 40.5 Å². The summed E-state index contributed by atoms with van der Waals surface area (Å²) in [5, 5.41) is 14.3. The molecule has 0 aromatic rings. The van der Waals surface area contributed by atoms with Crippen LogP contribution in [0.15, 0.2) is 0 Å². The van der Waals surface area contributed by atoms with Gasteiger partial charge in [-0.25, -0.2) is 11.1 Å². The molecule has 0 aromatic heterocycles. The number of thiocarbonyl (C=S) groups is 2. The van der Waals surface area contributed by atoms with Gasteiger partial charge in [-0.05, 0) is 0 Å². The Bertz CT molecular complexity index is 185. The summed E-state index contributed by atoms with van der Waals surface area (Å²) in [7, 11) is 0. The molecule has 0 saturated carbocycles. The molecule has 0 fully saturated rings. The van der Waals surface area contributed by atoms with E-state index in [1.165, 1.54) is 75.3 Å². The summed E-state index contributed by atoms with van der Waals surface area (Å²) in [5.74, 6) is 0. The van der Waals surface area contributed by atoms with Gasteiger partial charge < -0.3 is 34.6 Å². The Balaban J connectivity index is -0.000000573. The van der Waals surface area contributed by atoms with Gasteiger partial charge in [-0.15, -0.1) is 0 Å². The summed E-state index contributed by atoms with van der Waals surface area (Å²) in [6.07, 6.45) is 17.8. The van der Waals surface area contributed by atoms with Crippen molar-refractivity contribution in [3.8, 4) is 0 Å². The fourth-order valence-electron chi connectivity index (χ4n) is 2.19. The van der Waals surface area contributed by atoms with Gasteiger partial charge in [0.05, 0.1) is 0 Å². The number of unbranched alkanes of at least 4 members (excludes halogenated alkanes) is 10. The first kappa shape index (κ1) is 28.4. The second-order valence-corrected chi connectivity index (χ2v) is 10.1. The first-order valence-corrected chi connectivity index (χ1v) is 13.8. The van der Waals surface area contributed by atoms with Crippen LogP contribution in [0.4, 0.5) is 0 Å². The Hall–Kier alpha value is 0.579. The van der Waals surface area contributed by atoms with Gasteiger partial charge in [-0.2, -0.15) is 0 Å². The second-order valence-electron chi connectivity index (χ2n) is 5.47. The number of hydrogen-bond acceptors (Lipinski definition) is 2. The average molecular weight is 467 g/mol. The Morgan fingerprint density at radius 1 is 0.609 bits per heavy atom. The van der Waals surface area contributed by atoms with Gasteiger partial charge in [0.25, 0.3) is 0 Å². The summed E-state index contributed by atoms with van der Waals surface area (Å²) >= 11 is 7.47. The van der Waals surface area contributed by atoms with E-state index >= 15 is 0 Å². The van der Waals surface area contributed by atoms with Crippen molar-refractivity contribution in [3.05, 3.63) is 0 Å². The van der Waals surface area contributed by atoms with Crippen LogP contribution in [0.3, 0.4) is 0 Å². The van der Waals surface area contributed by atoms with Crippen LogP contribution in [-0.2, 0) is 0 Å². The molecule has 0 heterocycles. The standard InChI is InChI=1S/2C8H17.2CHOS.Sn/c2*1-3-5-7-8-6-4-2;2*2-1-3;/h2*1,3-8H2,2H3;2*(H,2,3);/q;;2*-1;+2. The van der Waals surface area contributed by atoms with Gasteiger partial charge in [0.1, 0.15) is 0 Å². The molecule has 0 amide bonds. The number of aliphatic hydroxyl groups is 2. The van der Waals surface area contributed by atoms with Crippen LogP contribution in [0.5, 0.6) is 0 Å². The summed E-state index contributed by atoms with van der Waals surface area (Å²) in [4.78, 5) is 0. The number of hydrogen-bond donors (Lipinski definition) is 2. The van der Waals surface area contributed by atoms with E-state index in [0.29, 0.717) is 0 Å². The molecule has 0 bridgehead atoms. The maximum Gasteiger partial charge on any atom is -0.233 e. The molecule has 2 N–H and O–H groups in total. The van der Waals surface area contributed by atoms with Crippen molar-refractivity contribution in [2.75, 3.05) is 0 Å². The molecule has 0 aliphatic carbocycles. The molecule has 5 heteroatoms. The molecule has 0 atom stereocenters. The summed E-state index contributed by atoms with van der Waals surface area (Å²) in [6, 6.07) is 0. The van der Waals surface area contributed by atoms with Crippen LogP contribution in [0.25, 0.3) is 0 Å². The smallest absolute Gasteiger partial charge is 0.233 e. The molecule has 0 aromatic carbocycles. The molecule has 136 valence electrons. The third-order valence-corrected chi connectivity index (χ3v) is 7.45. The Morgan fingerprint density at radius 3 is 1.17 bits per heavy atom. The van der Waals surface area contributed by atoms with E-state index in [4.69, 9.17) is 10.2 Å². The van der Waals surface area contributed by atoms with Crippen LogP contribution in [-0.4, -0.2) is 42.5 Å². The van der Waals surface area contributed by atoms with Crippen LogP contribution in [0.2, 0.25) is 8.87 Å². The molecular formula is C18H36O2S2Sn. The first-order valence-electron chi connectivity index (χ1n) is 8.98. The zero-order valence-electron chi connectivity index (χ0n) is 15.1. The molecule has 23 heavy (non-hydrogen) atoms. The fourth-order valence-corrected chi connectivity index (χ4v) is 5.75. The maximum absolute atomic E-state index is 7.13. The molecule has 0 rings (SSSR count). The molecule has 0 unspecified atom stereocenters. The van der Waals surface area contributed by atoms with Gasteiger partial charge in [0, 0.05) is 0 Å². The molecule has 0 radical (unpaired) electrons. The SMILES string of the molecule is CCCCCCC[CH2][Sn+2][CH2]CCCCCCC.O[C-]=S.O[C-]=S. The molecular weight excluding hydrogens is 431 g/mol. The van der Waals surface area contributed by atoms with E-state index in [2.05, 4.69) is 38.3 Å². The monoisotopic (exact) mass is 468 g/mol. The summed E-state index contributed by atoms with van der Waals surface area (Å²) in [5.41, 5.74) is 2.67. The van der Waals surface area contributed by atoms with Crippen LogP contribution >= 0.6 is 24.4 Å². The number of aliphatic hydroxyl groups excluding tert-OH is 2. The maximum atomic E-state index is 7.13. The minimum absolute atomic E-state index is 0.0736. The van der Waals surface area contributed by atoms with Crippen molar-refractivity contribution in [1.82, 2.24) is 0 Å². The molecule has 2 nitrogen and oxygen atoms in total. The van der Waals surface area contributed by atoms with Crippen LogP contribution < -0.4 is 0 Å². The Morgan fingerprint density at radius 2 is 0.870 bits per heavy atom. The van der Waals surface area contributed by atoms with Crippen LogP contribution in [0.1, 0.15) is 90.9 Å². The van der Waals surface area contributed by atoms with E-state index in [1.807, 2.05) is 0 Å². The predicted octanol–water partition coefficient (Wildman–Crippen LogP) is 7.01. The Labute approximate surface area is 166 Å². The van der Waals surface area contributed by atoms with Gasteiger partial charge in [0.15, 0.2) is 0 Å². The molecule has 0 saturated heterocycles. The van der Waals surface area contributed by atoms with Crippen LogP contribution in [0, 0.1) is 0 Å². The third kappa shape index (κ3) is 45.0. The van der Waals surface area contributed by atoms with Crippen molar-refractivity contribution in [1.29, 1.82) is 0 Å². The molecule has 0 aliphatic heterocycles. The second kappa shape index (κ2) is 34.0. The van der Waals surface area contributed by atoms with Crippen molar-refractivity contribution in [2.24, 2.45) is 0 Å². The Kier molecular flexibility index (Phi) is 42.0. The van der Waals surface area contributed by atoms with Crippen molar-refractivity contribution in [3.63, 3.8) is 0 Å². The predicted molar refractivity (Wildman–Crippen MR) is 113 cm³/mol. The van der Waals surface area contributed by atoms with E-state index in [0.717, 1.165) is 0 Å². The van der Waals surface area contributed by atoms with Crippen molar-refractivity contribution >= 4 is 56.7 Å². The average Bonchev–Trinajstić information content (AvgIpc) is 2.53. The van der Waals surface area contributed by atoms with Gasteiger partial charge in [-0.3, -0.25) is 0 Å². The molecule has 0 aliphatic rings. The van der Waals surface area contributed by atoms with Crippen molar-refractivity contribution in [2.45, 2.75) is 99.8 Å².